The molecule has 0 heterocycles. The van der Waals surface area contributed by atoms with Gasteiger partial charge in [-0.1, -0.05) is 214 Å². The number of allylic oxidation sites excluding steroid dienone is 18. The molecule has 0 aromatic carbocycles. The van der Waals surface area contributed by atoms with Gasteiger partial charge in [-0.25, -0.2) is 0 Å². The number of carbonyl (C=O) groups is 3. The third kappa shape index (κ3) is 51.1. The maximum atomic E-state index is 12.8. The lowest BCUT2D eigenvalue weighted by Crippen LogP contribution is -2.30. The molecule has 0 bridgehead atoms. The van der Waals surface area contributed by atoms with Gasteiger partial charge in [-0.3, -0.25) is 14.4 Å². The van der Waals surface area contributed by atoms with Crippen LogP contribution < -0.4 is 0 Å². The zero-order valence-corrected chi connectivity index (χ0v) is 42.7. The minimum Gasteiger partial charge on any atom is -0.462 e. The molecule has 0 aliphatic carbocycles. The Morgan fingerprint density at radius 3 is 1.12 bits per heavy atom. The van der Waals surface area contributed by atoms with Crippen LogP contribution in [0.15, 0.2) is 109 Å². The van der Waals surface area contributed by atoms with E-state index in [0.717, 1.165) is 135 Å². The summed E-state index contributed by atoms with van der Waals surface area (Å²) in [6.45, 7) is 6.33. The monoisotopic (exact) mass is 915 g/mol. The van der Waals surface area contributed by atoms with Crippen LogP contribution >= 0.6 is 0 Å². The summed E-state index contributed by atoms with van der Waals surface area (Å²) in [5.74, 6) is -0.968. The third-order valence-electron chi connectivity index (χ3n) is 11.1. The lowest BCUT2D eigenvalue weighted by atomic mass is 10.1. The van der Waals surface area contributed by atoms with E-state index in [4.69, 9.17) is 14.2 Å². The summed E-state index contributed by atoms with van der Waals surface area (Å²) in [4.78, 5) is 38.0. The Morgan fingerprint density at radius 1 is 0.333 bits per heavy atom. The van der Waals surface area contributed by atoms with E-state index >= 15 is 0 Å². The van der Waals surface area contributed by atoms with Crippen LogP contribution in [0.4, 0.5) is 0 Å². The smallest absolute Gasteiger partial charge is 0.306 e. The van der Waals surface area contributed by atoms with Crippen molar-refractivity contribution in [1.29, 1.82) is 0 Å². The molecule has 374 valence electrons. The maximum Gasteiger partial charge on any atom is 0.306 e. The normalized spacial score (nSPS) is 13.0. The highest BCUT2D eigenvalue weighted by Gasteiger charge is 2.19. The third-order valence-corrected chi connectivity index (χ3v) is 11.1. The van der Waals surface area contributed by atoms with Crippen LogP contribution in [0, 0.1) is 0 Å². The van der Waals surface area contributed by atoms with E-state index in [1.807, 2.05) is 0 Å². The molecule has 0 aromatic heterocycles. The predicted molar refractivity (Wildman–Crippen MR) is 283 cm³/mol. The zero-order valence-electron chi connectivity index (χ0n) is 42.7. The molecule has 0 aliphatic heterocycles. The summed E-state index contributed by atoms with van der Waals surface area (Å²) in [6.07, 6.45) is 72.2. The standard InChI is InChI=1S/C60H98O6/c1-4-7-10-13-16-19-22-25-27-29-30-31-33-35-38-41-44-47-50-53-59(62)65-56-57(55-64-58(61)52-49-46-43-40-37-34-24-21-18-15-12-9-6-3)66-60(63)54-51-48-45-42-39-36-32-28-26-23-20-17-14-11-8-5-2/h7,9-10,12,15-16,18-19,21,24-25,27-28,30-32,35,38,57H,4-6,8,11,13-14,17,20,22-23,26,29,33-34,36-37,39-56H2,1-3H3/b10-7-,12-9-,18-15-,19-16-,24-21-,27-25-,31-30-,32-28-,38-35-. The van der Waals surface area contributed by atoms with Gasteiger partial charge in [-0.15, -0.1) is 0 Å². The van der Waals surface area contributed by atoms with Crippen molar-refractivity contribution in [3.63, 3.8) is 0 Å². The van der Waals surface area contributed by atoms with Gasteiger partial charge in [-0.05, 0) is 109 Å². The van der Waals surface area contributed by atoms with E-state index in [2.05, 4.69) is 130 Å². The van der Waals surface area contributed by atoms with Gasteiger partial charge in [-0.2, -0.15) is 0 Å². The summed E-state index contributed by atoms with van der Waals surface area (Å²) in [7, 11) is 0. The van der Waals surface area contributed by atoms with E-state index in [-0.39, 0.29) is 31.1 Å². The molecule has 0 saturated carbocycles. The summed E-state index contributed by atoms with van der Waals surface area (Å²) in [5, 5.41) is 0. The number of unbranched alkanes of at least 4 members (excludes halogenated alkanes) is 20. The highest BCUT2D eigenvalue weighted by molar-refractivity contribution is 5.71. The molecule has 1 atom stereocenters. The first-order chi connectivity index (χ1) is 32.5. The van der Waals surface area contributed by atoms with E-state index in [1.54, 1.807) is 0 Å². The maximum absolute atomic E-state index is 12.8. The first-order valence-electron chi connectivity index (χ1n) is 26.9. The summed E-state index contributed by atoms with van der Waals surface area (Å²) < 4.78 is 16.8. The SMILES string of the molecule is CC\C=C/C=C\C=C/CCCCCCCC(=O)OCC(COC(=O)CCCCC/C=C\C/C=C\C/C=C\C/C=C\C/C=C\CC)OC(=O)CCCCCCC/C=C\CCCCCCCCC. The van der Waals surface area contributed by atoms with Crippen molar-refractivity contribution in [3.05, 3.63) is 109 Å². The van der Waals surface area contributed by atoms with Crippen LogP contribution in [0.3, 0.4) is 0 Å². The molecule has 66 heavy (non-hydrogen) atoms. The Hall–Kier alpha value is -3.93. The average Bonchev–Trinajstić information content (AvgIpc) is 3.31. The molecule has 0 rings (SSSR count). The van der Waals surface area contributed by atoms with Crippen molar-refractivity contribution in [2.24, 2.45) is 0 Å². The molecule has 6 nitrogen and oxygen atoms in total. The highest BCUT2D eigenvalue weighted by Crippen LogP contribution is 2.13. The summed E-state index contributed by atoms with van der Waals surface area (Å²) >= 11 is 0. The van der Waals surface area contributed by atoms with Gasteiger partial charge in [0.1, 0.15) is 13.2 Å². The van der Waals surface area contributed by atoms with Gasteiger partial charge in [0.25, 0.3) is 0 Å². The number of esters is 3. The van der Waals surface area contributed by atoms with Crippen LogP contribution in [-0.2, 0) is 28.6 Å². The van der Waals surface area contributed by atoms with Crippen molar-refractivity contribution >= 4 is 17.9 Å². The predicted octanol–water partition coefficient (Wildman–Crippen LogP) is 17.9. The number of hydrogen-bond donors (Lipinski definition) is 0. The number of rotatable bonds is 47. The molecule has 0 aromatic rings. The lowest BCUT2D eigenvalue weighted by Gasteiger charge is -2.18. The first-order valence-corrected chi connectivity index (χ1v) is 26.9. The van der Waals surface area contributed by atoms with E-state index in [0.29, 0.717) is 19.3 Å². The van der Waals surface area contributed by atoms with Crippen LogP contribution in [0.25, 0.3) is 0 Å². The Kier molecular flexibility index (Phi) is 50.5. The minimum atomic E-state index is -0.806. The molecular formula is C60H98O6. The second-order valence-corrected chi connectivity index (χ2v) is 17.4. The lowest BCUT2D eigenvalue weighted by molar-refractivity contribution is -0.167. The molecule has 1 unspecified atom stereocenters. The minimum absolute atomic E-state index is 0.105. The molecule has 0 spiro atoms. The van der Waals surface area contributed by atoms with Crippen molar-refractivity contribution in [3.8, 4) is 0 Å². The average molecular weight is 915 g/mol. The van der Waals surface area contributed by atoms with Crippen molar-refractivity contribution < 1.29 is 28.6 Å². The summed E-state index contributed by atoms with van der Waals surface area (Å²) in [6, 6.07) is 0. The van der Waals surface area contributed by atoms with Gasteiger partial charge >= 0.3 is 17.9 Å². The Labute approximate surface area is 406 Å². The van der Waals surface area contributed by atoms with Crippen molar-refractivity contribution in [2.45, 2.75) is 239 Å². The molecule has 0 fully saturated rings. The fraction of sp³-hybridized carbons (Fsp3) is 0.650. The quantitative estimate of drug-likeness (QED) is 0.0199. The molecule has 0 amide bonds. The fourth-order valence-corrected chi connectivity index (χ4v) is 7.05. The Bertz CT molecular complexity index is 1370. The first kappa shape index (κ1) is 62.1. The molecule has 0 radical (unpaired) electrons. The van der Waals surface area contributed by atoms with Crippen molar-refractivity contribution in [2.75, 3.05) is 13.2 Å². The Balaban J connectivity index is 4.49. The molecule has 0 aliphatic rings. The van der Waals surface area contributed by atoms with Crippen LogP contribution in [0.5, 0.6) is 0 Å². The molecule has 0 N–H and O–H groups in total. The Morgan fingerprint density at radius 2 is 0.667 bits per heavy atom. The summed E-state index contributed by atoms with van der Waals surface area (Å²) in [5.41, 5.74) is 0. The fourth-order valence-electron chi connectivity index (χ4n) is 7.05. The van der Waals surface area contributed by atoms with Gasteiger partial charge in [0.2, 0.25) is 0 Å². The molecule has 0 saturated heterocycles. The topological polar surface area (TPSA) is 78.9 Å². The second kappa shape index (κ2) is 53.7. The van der Waals surface area contributed by atoms with E-state index in [9.17, 15) is 14.4 Å². The van der Waals surface area contributed by atoms with Crippen LogP contribution in [0.1, 0.15) is 233 Å². The second-order valence-electron chi connectivity index (χ2n) is 17.4. The van der Waals surface area contributed by atoms with Crippen LogP contribution in [-0.4, -0.2) is 37.2 Å². The largest absolute Gasteiger partial charge is 0.462 e. The number of hydrogen-bond acceptors (Lipinski definition) is 6. The van der Waals surface area contributed by atoms with Crippen LogP contribution in [0.2, 0.25) is 0 Å². The van der Waals surface area contributed by atoms with E-state index in [1.165, 1.54) is 57.8 Å². The van der Waals surface area contributed by atoms with Gasteiger partial charge in [0, 0.05) is 19.3 Å². The van der Waals surface area contributed by atoms with Gasteiger partial charge in [0.05, 0.1) is 0 Å². The molecular weight excluding hydrogens is 817 g/mol. The highest BCUT2D eigenvalue weighted by atomic mass is 16.6. The number of carbonyl (C=O) groups excluding carboxylic acids is 3. The van der Waals surface area contributed by atoms with Crippen molar-refractivity contribution in [1.82, 2.24) is 0 Å². The van der Waals surface area contributed by atoms with E-state index < -0.39 is 6.10 Å². The molecule has 6 heteroatoms. The number of ether oxygens (including phenoxy) is 3. The zero-order chi connectivity index (χ0) is 47.9. The van der Waals surface area contributed by atoms with Gasteiger partial charge in [0.15, 0.2) is 6.10 Å². The van der Waals surface area contributed by atoms with Gasteiger partial charge < -0.3 is 14.2 Å².